The first-order valence-electron chi connectivity index (χ1n) is 13.4. The maximum atomic E-state index is 4.10. The van der Waals surface area contributed by atoms with Gasteiger partial charge in [-0.2, -0.15) is 0 Å². The molecule has 0 saturated heterocycles. The van der Waals surface area contributed by atoms with Gasteiger partial charge in [0.25, 0.3) is 0 Å². The molecule has 0 aliphatic heterocycles. The topological polar surface area (TPSA) is 3.24 Å². The zero-order chi connectivity index (χ0) is 27.3. The predicted octanol–water partition coefficient (Wildman–Crippen LogP) is 9.64. The monoisotopic (exact) mass is 503 g/mol. The molecule has 0 amide bonds. The molecule has 0 bridgehead atoms. The average molecular weight is 504 g/mol. The molecule has 196 valence electrons. The van der Waals surface area contributed by atoms with E-state index in [4.69, 9.17) is 0 Å². The summed E-state index contributed by atoms with van der Waals surface area (Å²) in [6.07, 6.45) is 12.0. The van der Waals surface area contributed by atoms with E-state index in [-0.39, 0.29) is 10.8 Å². The minimum atomic E-state index is 0.104. The van der Waals surface area contributed by atoms with Crippen LogP contribution >= 0.6 is 8.20 Å². The van der Waals surface area contributed by atoms with E-state index < -0.39 is 0 Å². The van der Waals surface area contributed by atoms with Crippen molar-refractivity contribution in [3.63, 3.8) is 0 Å². The molecule has 0 aromatic heterocycles. The first kappa shape index (κ1) is 30.3. The van der Waals surface area contributed by atoms with Crippen LogP contribution in [-0.4, -0.2) is 37.0 Å². The van der Waals surface area contributed by atoms with Crippen LogP contribution in [0.3, 0.4) is 0 Å². The van der Waals surface area contributed by atoms with Crippen molar-refractivity contribution < 1.29 is 0 Å². The molecule has 0 spiro atoms. The first-order chi connectivity index (χ1) is 16.8. The lowest BCUT2D eigenvalue weighted by atomic mass is 9.69. The summed E-state index contributed by atoms with van der Waals surface area (Å²) in [4.78, 5) is 2.41. The number of hydrogen-bond acceptors (Lipinski definition) is 1. The van der Waals surface area contributed by atoms with Gasteiger partial charge < -0.3 is 4.90 Å². The quantitative estimate of drug-likeness (QED) is 0.174. The van der Waals surface area contributed by atoms with Crippen molar-refractivity contribution in [2.45, 2.75) is 80.2 Å². The van der Waals surface area contributed by atoms with Crippen LogP contribution in [0.1, 0.15) is 83.9 Å². The molecule has 1 aliphatic rings. The third-order valence-corrected chi connectivity index (χ3v) is 10.2. The maximum absolute atomic E-state index is 4.10. The summed E-state index contributed by atoms with van der Waals surface area (Å²) >= 11 is 0. The van der Waals surface area contributed by atoms with Gasteiger partial charge in [0.2, 0.25) is 0 Å². The van der Waals surface area contributed by atoms with Crippen molar-refractivity contribution in [1.29, 1.82) is 0 Å². The Hall–Kier alpha value is -1.95. The Labute approximate surface area is 224 Å². The fraction of sp³-hybridized carbons (Fsp3) is 0.500. The number of aryl methyl sites for hydroxylation is 1. The molecule has 2 heteroatoms. The standard InChI is InChI=1S/C34H50NP/c1-13-17-29(25(5)22-36-23-34(9,10)33(7,8)15-3)26(6)30-20-28(21-31(30)35(11)12)32-24(4)18-16-19-27(32)14-2/h13-19,22,28,31H,2-3,20-21,23H2,1,4-12H3/b17-13-,29-25+,30-26+. The van der Waals surface area contributed by atoms with Gasteiger partial charge in [0.1, 0.15) is 0 Å². The Bertz CT molecular complexity index is 1070. The highest BCUT2D eigenvalue weighted by molar-refractivity contribution is 7.39. The normalized spacial score (nSPS) is 21.4. The largest absolute Gasteiger partial charge is 0.303 e. The van der Waals surface area contributed by atoms with Gasteiger partial charge in [0.15, 0.2) is 0 Å². The molecule has 1 fully saturated rings. The predicted molar refractivity (Wildman–Crippen MR) is 167 cm³/mol. The lowest BCUT2D eigenvalue weighted by molar-refractivity contribution is 0.199. The summed E-state index contributed by atoms with van der Waals surface area (Å²) in [7, 11) is 5.82. The van der Waals surface area contributed by atoms with Crippen LogP contribution in [0, 0.1) is 17.8 Å². The van der Waals surface area contributed by atoms with Crippen LogP contribution in [0.4, 0.5) is 0 Å². The van der Waals surface area contributed by atoms with Gasteiger partial charge in [-0.1, -0.05) is 76.8 Å². The second kappa shape index (κ2) is 12.5. The molecule has 1 aliphatic carbocycles. The third kappa shape index (κ3) is 6.67. The highest BCUT2D eigenvalue weighted by Crippen LogP contribution is 2.45. The van der Waals surface area contributed by atoms with Gasteiger partial charge in [-0.3, -0.25) is 0 Å². The van der Waals surface area contributed by atoms with Crippen molar-refractivity contribution in [2.75, 3.05) is 20.3 Å². The van der Waals surface area contributed by atoms with Gasteiger partial charge in [0.05, 0.1) is 0 Å². The Morgan fingerprint density at radius 2 is 1.81 bits per heavy atom. The van der Waals surface area contributed by atoms with E-state index in [9.17, 15) is 0 Å². The van der Waals surface area contributed by atoms with E-state index in [0.717, 1.165) is 19.0 Å². The van der Waals surface area contributed by atoms with E-state index >= 15 is 0 Å². The molecule has 2 rings (SSSR count). The smallest absolute Gasteiger partial charge is 0.0313 e. The molecule has 1 aromatic carbocycles. The average Bonchev–Trinajstić information content (AvgIpc) is 3.26. The van der Waals surface area contributed by atoms with Crippen molar-refractivity contribution >= 4 is 20.1 Å². The summed E-state index contributed by atoms with van der Waals surface area (Å²) < 4.78 is 0. The second-order valence-corrected chi connectivity index (χ2v) is 12.9. The first-order valence-corrected chi connectivity index (χ1v) is 14.5. The number of rotatable bonds is 10. The fourth-order valence-corrected chi connectivity index (χ4v) is 6.70. The van der Waals surface area contributed by atoms with Crippen LogP contribution < -0.4 is 0 Å². The molecular weight excluding hydrogens is 453 g/mol. The molecule has 0 heterocycles. The van der Waals surface area contributed by atoms with Gasteiger partial charge >= 0.3 is 0 Å². The Morgan fingerprint density at radius 3 is 2.36 bits per heavy atom. The van der Waals surface area contributed by atoms with Gasteiger partial charge in [-0.15, -0.1) is 14.8 Å². The van der Waals surface area contributed by atoms with Gasteiger partial charge in [-0.05, 0) is 122 Å². The zero-order valence-corrected chi connectivity index (χ0v) is 25.6. The second-order valence-electron chi connectivity index (χ2n) is 11.9. The van der Waals surface area contributed by atoms with Gasteiger partial charge in [-0.25, -0.2) is 0 Å². The highest BCUT2D eigenvalue weighted by atomic mass is 31.1. The molecular formula is C34H50NP. The Morgan fingerprint density at radius 1 is 1.14 bits per heavy atom. The van der Waals surface area contributed by atoms with Crippen LogP contribution in [0.5, 0.6) is 0 Å². The lowest BCUT2D eigenvalue weighted by Gasteiger charge is -2.38. The van der Waals surface area contributed by atoms with E-state index in [0.29, 0.717) is 12.0 Å². The van der Waals surface area contributed by atoms with Crippen molar-refractivity contribution in [3.05, 3.63) is 88.6 Å². The summed E-state index contributed by atoms with van der Waals surface area (Å²) in [6.45, 7) is 26.5. The van der Waals surface area contributed by atoms with Crippen molar-refractivity contribution in [2.24, 2.45) is 10.8 Å². The molecule has 2 unspecified atom stereocenters. The number of allylic oxidation sites excluding steroid dienone is 6. The Kier molecular flexibility index (Phi) is 10.5. The van der Waals surface area contributed by atoms with Crippen molar-refractivity contribution in [3.8, 4) is 0 Å². The molecule has 2 atom stereocenters. The van der Waals surface area contributed by atoms with E-state index in [2.05, 4.69) is 130 Å². The van der Waals surface area contributed by atoms with E-state index in [1.54, 1.807) is 5.57 Å². The minimum absolute atomic E-state index is 0.104. The molecule has 1 saturated carbocycles. The fourth-order valence-electron chi connectivity index (χ4n) is 5.33. The lowest BCUT2D eigenvalue weighted by Crippen LogP contribution is -2.32. The number of nitrogens with zero attached hydrogens (tertiary/aromatic N) is 1. The summed E-state index contributed by atoms with van der Waals surface area (Å²) in [5.41, 5.74) is 10.2. The number of likely N-dealkylation sites (N-methyl/N-ethyl adjacent to an activating group) is 1. The number of benzene rings is 1. The highest BCUT2D eigenvalue weighted by Gasteiger charge is 2.35. The van der Waals surface area contributed by atoms with E-state index in [1.165, 1.54) is 41.6 Å². The molecule has 36 heavy (non-hydrogen) atoms. The van der Waals surface area contributed by atoms with Crippen LogP contribution in [0.2, 0.25) is 0 Å². The van der Waals surface area contributed by atoms with Crippen LogP contribution in [0.25, 0.3) is 6.08 Å². The number of hydrogen-bond donors (Lipinski definition) is 0. The summed E-state index contributed by atoms with van der Waals surface area (Å²) in [6, 6.07) is 7.07. The van der Waals surface area contributed by atoms with Crippen molar-refractivity contribution in [1.82, 2.24) is 4.90 Å². The summed E-state index contributed by atoms with van der Waals surface area (Å²) in [5.74, 6) is 2.95. The van der Waals surface area contributed by atoms with Crippen LogP contribution in [-0.2, 0) is 0 Å². The van der Waals surface area contributed by atoms with Crippen LogP contribution in [0.15, 0.2) is 71.9 Å². The zero-order valence-electron chi connectivity index (χ0n) is 24.7. The summed E-state index contributed by atoms with van der Waals surface area (Å²) in [5, 5.41) is 0. The molecule has 0 N–H and O–H groups in total. The maximum Gasteiger partial charge on any atom is 0.0313 e. The van der Waals surface area contributed by atoms with E-state index in [1.807, 2.05) is 6.08 Å². The van der Waals surface area contributed by atoms with Gasteiger partial charge in [0, 0.05) is 6.04 Å². The minimum Gasteiger partial charge on any atom is -0.303 e. The third-order valence-electron chi connectivity index (χ3n) is 8.66. The SMILES string of the molecule is C=Cc1cccc(C)c1C1C/C(=C(/C)C(/C=C\C)=C(C)/C=P\CC(C)(C)C(C)(C)C=C)C(N(C)C)C1. The Balaban J connectivity index is 2.50. The molecule has 0 radical (unpaired) electrons. The molecule has 1 nitrogen and oxygen atoms in total. The molecule has 1 aromatic rings.